The van der Waals surface area contributed by atoms with Gasteiger partial charge in [0.2, 0.25) is 0 Å². The van der Waals surface area contributed by atoms with E-state index in [1.165, 1.54) is 0 Å². The van der Waals surface area contributed by atoms with Crippen LogP contribution in [0.15, 0.2) is 42.6 Å². The lowest BCUT2D eigenvalue weighted by molar-refractivity contribution is 0.0797. The lowest BCUT2D eigenvalue weighted by Crippen LogP contribution is -2.29. The van der Waals surface area contributed by atoms with E-state index in [1.54, 1.807) is 36.3 Å². The van der Waals surface area contributed by atoms with E-state index < -0.39 is 0 Å². The maximum Gasteiger partial charge on any atom is 0.257 e. The minimum Gasteiger partial charge on any atom is -0.398 e. The van der Waals surface area contributed by atoms with E-state index in [0.29, 0.717) is 29.2 Å². The third-order valence-corrected chi connectivity index (χ3v) is 3.35. The third kappa shape index (κ3) is 3.27. The summed E-state index contributed by atoms with van der Waals surface area (Å²) < 4.78 is 0. The number of nitrogens with two attached hydrogens (primary N) is 1. The van der Waals surface area contributed by atoms with E-state index in [4.69, 9.17) is 17.3 Å². The minimum atomic E-state index is -0.177. The van der Waals surface area contributed by atoms with Crippen LogP contribution in [0.1, 0.15) is 16.1 Å². The van der Waals surface area contributed by atoms with Crippen LogP contribution in [-0.4, -0.2) is 29.4 Å². The number of likely N-dealkylation sites (N-methyl/N-ethyl adjacent to an activating group) is 1. The number of hydrogen-bond acceptors (Lipinski definition) is 3. The van der Waals surface area contributed by atoms with Crippen molar-refractivity contribution in [1.29, 1.82) is 0 Å². The van der Waals surface area contributed by atoms with Gasteiger partial charge >= 0.3 is 0 Å². The Bertz CT molecular complexity index is 581. The van der Waals surface area contributed by atoms with Gasteiger partial charge in [-0.15, -0.1) is 0 Å². The molecule has 0 atom stereocenters. The Hall–Kier alpha value is -2.07. The molecule has 0 saturated heterocycles. The summed E-state index contributed by atoms with van der Waals surface area (Å²) in [4.78, 5) is 18.2. The van der Waals surface area contributed by atoms with Crippen molar-refractivity contribution in [2.45, 2.75) is 6.42 Å². The molecule has 0 aliphatic heterocycles. The molecule has 2 N–H and O–H groups in total. The molecule has 0 fully saturated rings. The monoisotopic (exact) mass is 289 g/mol. The fourth-order valence-corrected chi connectivity index (χ4v) is 2.15. The van der Waals surface area contributed by atoms with Crippen molar-refractivity contribution in [3.63, 3.8) is 0 Å². The predicted octanol–water partition coefficient (Wildman–Crippen LogP) is 2.63. The second kappa shape index (κ2) is 6.39. The summed E-state index contributed by atoms with van der Waals surface area (Å²) in [6.45, 7) is 0.556. The van der Waals surface area contributed by atoms with Crippen LogP contribution in [0.2, 0.25) is 5.02 Å². The van der Waals surface area contributed by atoms with Gasteiger partial charge in [-0.3, -0.25) is 9.78 Å². The number of aromatic nitrogens is 1. The number of nitrogens with zero attached hydrogens (tertiary/aromatic N) is 2. The molecule has 1 heterocycles. The standard InChI is InChI=1S/C15H16ClN3O/c1-19(10-8-11-5-2-3-9-18-11)15(20)14-12(16)6-4-7-13(14)17/h2-7,9H,8,10,17H2,1H3. The summed E-state index contributed by atoms with van der Waals surface area (Å²) in [5, 5.41) is 0.375. The Kier molecular flexibility index (Phi) is 4.58. The molecule has 1 aromatic carbocycles. The van der Waals surface area contributed by atoms with Gasteiger partial charge in [0, 0.05) is 37.6 Å². The first-order chi connectivity index (χ1) is 9.59. The van der Waals surface area contributed by atoms with Gasteiger partial charge in [-0.05, 0) is 24.3 Å². The van der Waals surface area contributed by atoms with Crippen molar-refractivity contribution < 1.29 is 4.79 Å². The van der Waals surface area contributed by atoms with E-state index >= 15 is 0 Å². The van der Waals surface area contributed by atoms with Crippen molar-refractivity contribution >= 4 is 23.2 Å². The number of rotatable bonds is 4. The molecule has 1 aromatic heterocycles. The van der Waals surface area contributed by atoms with E-state index in [9.17, 15) is 4.79 Å². The van der Waals surface area contributed by atoms with E-state index in [-0.39, 0.29) is 5.91 Å². The molecule has 2 rings (SSSR count). The maximum absolute atomic E-state index is 12.3. The molecule has 1 amide bonds. The van der Waals surface area contributed by atoms with Gasteiger partial charge in [0.15, 0.2) is 0 Å². The summed E-state index contributed by atoms with van der Waals surface area (Å²) in [6, 6.07) is 10.8. The first-order valence-corrected chi connectivity index (χ1v) is 6.66. The summed E-state index contributed by atoms with van der Waals surface area (Å²) in [5.74, 6) is -0.177. The molecule has 0 saturated carbocycles. The van der Waals surface area contributed by atoms with Gasteiger partial charge in [0.05, 0.1) is 10.6 Å². The molecule has 0 unspecified atom stereocenters. The number of hydrogen-bond donors (Lipinski definition) is 1. The number of benzene rings is 1. The topological polar surface area (TPSA) is 59.2 Å². The molecule has 0 aliphatic carbocycles. The molecule has 0 spiro atoms. The summed E-state index contributed by atoms with van der Waals surface area (Å²) in [5.41, 5.74) is 7.52. The number of nitrogen functional groups attached to an aromatic ring is 1. The van der Waals surface area contributed by atoms with Gasteiger partial charge in [-0.1, -0.05) is 23.7 Å². The van der Waals surface area contributed by atoms with Crippen LogP contribution < -0.4 is 5.73 Å². The normalized spacial score (nSPS) is 10.3. The fraction of sp³-hybridized carbons (Fsp3) is 0.200. The number of amides is 1. The number of halogens is 1. The predicted molar refractivity (Wildman–Crippen MR) is 80.8 cm³/mol. The van der Waals surface area contributed by atoms with Crippen LogP contribution in [-0.2, 0) is 6.42 Å². The minimum absolute atomic E-state index is 0.177. The average molecular weight is 290 g/mol. The van der Waals surface area contributed by atoms with Crippen LogP contribution in [0.25, 0.3) is 0 Å². The van der Waals surface area contributed by atoms with Crippen LogP contribution >= 0.6 is 11.6 Å². The molecule has 2 aromatic rings. The van der Waals surface area contributed by atoms with Gasteiger partial charge in [-0.2, -0.15) is 0 Å². The largest absolute Gasteiger partial charge is 0.398 e. The number of anilines is 1. The van der Waals surface area contributed by atoms with Gasteiger partial charge < -0.3 is 10.6 Å². The zero-order valence-corrected chi connectivity index (χ0v) is 12.0. The molecule has 0 bridgehead atoms. The van der Waals surface area contributed by atoms with Gasteiger partial charge in [0.1, 0.15) is 0 Å². The Labute approximate surface area is 123 Å². The molecule has 4 nitrogen and oxygen atoms in total. The summed E-state index contributed by atoms with van der Waals surface area (Å²) >= 11 is 6.05. The van der Waals surface area contributed by atoms with E-state index in [0.717, 1.165) is 5.69 Å². The molecule has 5 heteroatoms. The van der Waals surface area contributed by atoms with Crippen LogP contribution in [0.3, 0.4) is 0 Å². The van der Waals surface area contributed by atoms with Crippen molar-refractivity contribution in [2.24, 2.45) is 0 Å². The van der Waals surface area contributed by atoms with Crippen molar-refractivity contribution in [1.82, 2.24) is 9.88 Å². The van der Waals surface area contributed by atoms with Gasteiger partial charge in [-0.25, -0.2) is 0 Å². The lowest BCUT2D eigenvalue weighted by atomic mass is 10.1. The van der Waals surface area contributed by atoms with Crippen molar-refractivity contribution in [2.75, 3.05) is 19.3 Å². The van der Waals surface area contributed by atoms with Crippen molar-refractivity contribution in [3.05, 3.63) is 58.9 Å². The highest BCUT2D eigenvalue weighted by Gasteiger charge is 2.17. The number of pyridine rings is 1. The molecule has 0 aliphatic rings. The molecule has 104 valence electrons. The second-order valence-electron chi connectivity index (χ2n) is 4.50. The zero-order chi connectivity index (χ0) is 14.5. The highest BCUT2D eigenvalue weighted by atomic mass is 35.5. The zero-order valence-electron chi connectivity index (χ0n) is 11.2. The Morgan fingerprint density at radius 3 is 2.75 bits per heavy atom. The average Bonchev–Trinajstić information content (AvgIpc) is 2.45. The Morgan fingerprint density at radius 1 is 1.30 bits per heavy atom. The second-order valence-corrected chi connectivity index (χ2v) is 4.91. The summed E-state index contributed by atoms with van der Waals surface area (Å²) in [7, 11) is 1.73. The van der Waals surface area contributed by atoms with Crippen molar-refractivity contribution in [3.8, 4) is 0 Å². The molecular formula is C15H16ClN3O. The Balaban J connectivity index is 2.06. The summed E-state index contributed by atoms with van der Waals surface area (Å²) in [6.07, 6.45) is 2.43. The van der Waals surface area contributed by atoms with Crippen LogP contribution in [0, 0.1) is 0 Å². The number of carbonyl (C=O) groups excluding carboxylic acids is 1. The Morgan fingerprint density at radius 2 is 2.10 bits per heavy atom. The lowest BCUT2D eigenvalue weighted by Gasteiger charge is -2.18. The molecular weight excluding hydrogens is 274 g/mol. The van der Waals surface area contributed by atoms with Gasteiger partial charge in [0.25, 0.3) is 5.91 Å². The molecule has 20 heavy (non-hydrogen) atoms. The smallest absolute Gasteiger partial charge is 0.257 e. The third-order valence-electron chi connectivity index (χ3n) is 3.04. The highest BCUT2D eigenvalue weighted by Crippen LogP contribution is 2.23. The number of carbonyl (C=O) groups is 1. The quantitative estimate of drug-likeness (QED) is 0.880. The first kappa shape index (κ1) is 14.3. The fourth-order valence-electron chi connectivity index (χ4n) is 1.89. The molecule has 0 radical (unpaired) electrons. The maximum atomic E-state index is 12.3. The van der Waals surface area contributed by atoms with Crippen LogP contribution in [0.4, 0.5) is 5.69 Å². The highest BCUT2D eigenvalue weighted by molar-refractivity contribution is 6.34. The van der Waals surface area contributed by atoms with Crippen LogP contribution in [0.5, 0.6) is 0 Å². The van der Waals surface area contributed by atoms with E-state index in [1.807, 2.05) is 18.2 Å². The SMILES string of the molecule is CN(CCc1ccccn1)C(=O)c1c(N)cccc1Cl. The van der Waals surface area contributed by atoms with E-state index in [2.05, 4.69) is 4.98 Å². The first-order valence-electron chi connectivity index (χ1n) is 6.29.